The quantitative estimate of drug-likeness (QED) is 0.335. The van der Waals surface area contributed by atoms with E-state index in [4.69, 9.17) is 4.42 Å². The molecule has 4 rings (SSSR count). The highest BCUT2D eigenvalue weighted by Gasteiger charge is 2.18. The molecule has 0 aliphatic rings. The summed E-state index contributed by atoms with van der Waals surface area (Å²) < 4.78 is 9.29. The topological polar surface area (TPSA) is 90.8 Å². The van der Waals surface area contributed by atoms with Gasteiger partial charge in [0.1, 0.15) is 17.4 Å². The number of amides is 1. The molecule has 3 aromatic heterocycles. The molecule has 1 aromatic carbocycles. The molecule has 1 N–H and O–H groups in total. The van der Waals surface area contributed by atoms with Crippen LogP contribution in [0.4, 0.5) is 5.82 Å². The van der Waals surface area contributed by atoms with Gasteiger partial charge in [0.05, 0.1) is 29.9 Å². The van der Waals surface area contributed by atoms with Crippen LogP contribution >= 0.6 is 11.8 Å². The number of hydrogen-bond donors (Lipinski definition) is 1. The zero-order chi connectivity index (χ0) is 23.2. The van der Waals surface area contributed by atoms with Crippen LogP contribution in [0.25, 0.3) is 5.69 Å². The number of para-hydroxylation sites is 1. The van der Waals surface area contributed by atoms with Crippen LogP contribution < -0.4 is 5.32 Å². The fourth-order valence-electron chi connectivity index (χ4n) is 3.51. The third-order valence-corrected chi connectivity index (χ3v) is 5.99. The highest BCUT2D eigenvalue weighted by molar-refractivity contribution is 7.99. The van der Waals surface area contributed by atoms with E-state index in [1.54, 1.807) is 10.9 Å². The first-order valence-corrected chi connectivity index (χ1v) is 12.1. The summed E-state index contributed by atoms with van der Waals surface area (Å²) in [4.78, 5) is 12.9. The molecular formula is C24H28N6O2S. The fraction of sp³-hybridized carbons (Fsp3) is 0.333. The van der Waals surface area contributed by atoms with Gasteiger partial charge in [-0.3, -0.25) is 9.36 Å². The van der Waals surface area contributed by atoms with Crippen LogP contribution in [-0.4, -0.2) is 36.2 Å². The summed E-state index contributed by atoms with van der Waals surface area (Å²) >= 11 is 1.36. The van der Waals surface area contributed by atoms with Crippen LogP contribution in [0.2, 0.25) is 0 Å². The maximum absolute atomic E-state index is 12.9. The zero-order valence-corrected chi connectivity index (χ0v) is 19.9. The Kier molecular flexibility index (Phi) is 7.29. The van der Waals surface area contributed by atoms with E-state index in [9.17, 15) is 4.79 Å². The second kappa shape index (κ2) is 10.5. The lowest BCUT2D eigenvalue weighted by atomic mass is 10.2. The Hall–Kier alpha value is -3.33. The van der Waals surface area contributed by atoms with E-state index >= 15 is 0 Å². The van der Waals surface area contributed by atoms with Gasteiger partial charge in [-0.25, -0.2) is 4.68 Å². The minimum absolute atomic E-state index is 0.126. The first-order chi connectivity index (χ1) is 16.0. The van der Waals surface area contributed by atoms with Gasteiger partial charge in [0, 0.05) is 12.0 Å². The molecule has 0 saturated heterocycles. The molecule has 3 heterocycles. The average Bonchev–Trinajstić information content (AvgIpc) is 3.54. The molecule has 1 amide bonds. The maximum Gasteiger partial charge on any atom is 0.236 e. The minimum atomic E-state index is -0.126. The Morgan fingerprint density at radius 2 is 1.97 bits per heavy atom. The van der Waals surface area contributed by atoms with Crippen LogP contribution in [0.5, 0.6) is 0 Å². The van der Waals surface area contributed by atoms with Crippen molar-refractivity contribution in [2.24, 2.45) is 0 Å². The van der Waals surface area contributed by atoms with E-state index in [-0.39, 0.29) is 17.6 Å². The number of nitrogens with zero attached hydrogens (tertiary/aromatic N) is 5. The molecule has 0 atom stereocenters. The van der Waals surface area contributed by atoms with Gasteiger partial charge in [0.25, 0.3) is 0 Å². The van der Waals surface area contributed by atoms with Crippen molar-refractivity contribution in [1.29, 1.82) is 0 Å². The van der Waals surface area contributed by atoms with E-state index in [1.807, 2.05) is 53.1 Å². The number of thioether (sulfide) groups is 1. The molecule has 0 fully saturated rings. The summed E-state index contributed by atoms with van der Waals surface area (Å²) in [6.45, 7) is 6.78. The first kappa shape index (κ1) is 22.8. The van der Waals surface area contributed by atoms with Crippen molar-refractivity contribution < 1.29 is 9.21 Å². The summed E-state index contributed by atoms with van der Waals surface area (Å²) in [7, 11) is 0. The molecular weight excluding hydrogens is 436 g/mol. The van der Waals surface area contributed by atoms with Gasteiger partial charge in [-0.2, -0.15) is 5.10 Å². The molecule has 0 saturated carbocycles. The predicted octanol–water partition coefficient (Wildman–Crippen LogP) is 4.91. The number of furan rings is 1. The van der Waals surface area contributed by atoms with Crippen LogP contribution in [0, 0.1) is 0 Å². The van der Waals surface area contributed by atoms with E-state index in [1.165, 1.54) is 11.8 Å². The second-order valence-electron chi connectivity index (χ2n) is 8.02. The lowest BCUT2D eigenvalue weighted by Gasteiger charge is -2.11. The number of anilines is 1. The molecule has 0 bridgehead atoms. The summed E-state index contributed by atoms with van der Waals surface area (Å²) in [5.41, 5.74) is 1.85. The number of carbonyl (C=O) groups is 1. The highest BCUT2D eigenvalue weighted by atomic mass is 32.2. The predicted molar refractivity (Wildman–Crippen MR) is 129 cm³/mol. The molecule has 9 heteroatoms. The largest absolute Gasteiger partial charge is 0.467 e. The average molecular weight is 465 g/mol. The number of rotatable bonds is 10. The van der Waals surface area contributed by atoms with Gasteiger partial charge in [-0.05, 0) is 30.7 Å². The van der Waals surface area contributed by atoms with E-state index in [0.717, 1.165) is 35.8 Å². The standard InChI is InChI=1S/C24H28N6O2S/c1-4-9-18-14-21(30(28-18)19-10-6-5-7-11-19)25-22(31)16-33-24-27-26-23(17(2)3)29(24)15-20-12-8-13-32-20/h5-8,10-14,17H,4,9,15-16H2,1-3H3,(H,25,31). The molecule has 4 aromatic rings. The Balaban J connectivity index is 1.48. The molecule has 0 spiro atoms. The molecule has 172 valence electrons. The fourth-order valence-corrected chi connectivity index (χ4v) is 4.26. The van der Waals surface area contributed by atoms with Gasteiger partial charge >= 0.3 is 0 Å². The third-order valence-electron chi connectivity index (χ3n) is 5.02. The normalized spacial score (nSPS) is 11.3. The number of aryl methyl sites for hydroxylation is 1. The molecule has 8 nitrogen and oxygen atoms in total. The second-order valence-corrected chi connectivity index (χ2v) is 8.96. The highest BCUT2D eigenvalue weighted by Crippen LogP contribution is 2.24. The van der Waals surface area contributed by atoms with Crippen molar-refractivity contribution in [1.82, 2.24) is 24.5 Å². The lowest BCUT2D eigenvalue weighted by Crippen LogP contribution is -2.17. The van der Waals surface area contributed by atoms with Crippen molar-refractivity contribution in [2.75, 3.05) is 11.1 Å². The van der Waals surface area contributed by atoms with Gasteiger partial charge in [-0.15, -0.1) is 10.2 Å². The number of aromatic nitrogens is 5. The van der Waals surface area contributed by atoms with Crippen molar-refractivity contribution in [2.45, 2.75) is 51.2 Å². The van der Waals surface area contributed by atoms with Crippen LogP contribution in [0.1, 0.15) is 50.4 Å². The van der Waals surface area contributed by atoms with Crippen LogP contribution in [-0.2, 0) is 17.8 Å². The van der Waals surface area contributed by atoms with Crippen molar-refractivity contribution in [3.63, 3.8) is 0 Å². The van der Waals surface area contributed by atoms with Gasteiger partial charge in [0.15, 0.2) is 5.16 Å². The molecule has 0 aliphatic carbocycles. The number of hydrogen-bond acceptors (Lipinski definition) is 6. The molecule has 0 radical (unpaired) electrons. The Morgan fingerprint density at radius 3 is 2.67 bits per heavy atom. The van der Waals surface area contributed by atoms with E-state index in [2.05, 4.69) is 41.4 Å². The minimum Gasteiger partial charge on any atom is -0.467 e. The first-order valence-electron chi connectivity index (χ1n) is 11.1. The Labute approximate surface area is 197 Å². The summed E-state index contributed by atoms with van der Waals surface area (Å²) in [6, 6.07) is 15.5. The van der Waals surface area contributed by atoms with Crippen molar-refractivity contribution in [3.8, 4) is 5.69 Å². The summed E-state index contributed by atoms with van der Waals surface area (Å²) in [6.07, 6.45) is 3.49. The lowest BCUT2D eigenvalue weighted by molar-refractivity contribution is -0.113. The van der Waals surface area contributed by atoms with Crippen LogP contribution in [0.3, 0.4) is 0 Å². The van der Waals surface area contributed by atoms with E-state index in [0.29, 0.717) is 17.5 Å². The van der Waals surface area contributed by atoms with E-state index < -0.39 is 0 Å². The Morgan fingerprint density at radius 1 is 1.15 bits per heavy atom. The monoisotopic (exact) mass is 464 g/mol. The van der Waals surface area contributed by atoms with Crippen molar-refractivity contribution in [3.05, 3.63) is 72.1 Å². The number of nitrogens with one attached hydrogen (secondary N) is 1. The molecule has 0 unspecified atom stereocenters. The van der Waals surface area contributed by atoms with Crippen LogP contribution in [0.15, 0.2) is 64.4 Å². The summed E-state index contributed by atoms with van der Waals surface area (Å²) in [5.74, 6) is 2.62. The van der Waals surface area contributed by atoms with Gasteiger partial charge < -0.3 is 9.73 Å². The maximum atomic E-state index is 12.9. The third kappa shape index (κ3) is 5.54. The smallest absolute Gasteiger partial charge is 0.236 e. The van der Waals surface area contributed by atoms with Gasteiger partial charge in [-0.1, -0.05) is 57.2 Å². The summed E-state index contributed by atoms with van der Waals surface area (Å²) in [5, 5.41) is 17.1. The Bertz CT molecular complexity index is 1180. The van der Waals surface area contributed by atoms with Gasteiger partial charge in [0.2, 0.25) is 5.91 Å². The SMILES string of the molecule is CCCc1cc(NC(=O)CSc2nnc(C(C)C)n2Cc2ccco2)n(-c2ccccc2)n1. The zero-order valence-electron chi connectivity index (χ0n) is 19.1. The number of benzene rings is 1. The van der Waals surface area contributed by atoms with Crippen molar-refractivity contribution >= 4 is 23.5 Å². The molecule has 33 heavy (non-hydrogen) atoms. The molecule has 0 aliphatic heterocycles. The number of carbonyl (C=O) groups excluding carboxylic acids is 1.